The number of aromatic nitrogens is 1. The number of carbonyl (C=O) groups is 2. The average molecular weight is 398 g/mol. The Morgan fingerprint density at radius 2 is 2.07 bits per heavy atom. The fraction of sp³-hybridized carbons (Fsp3) is 0.238. The van der Waals surface area contributed by atoms with Gasteiger partial charge < -0.3 is 15.0 Å². The number of ether oxygens (including phenoxy) is 1. The highest BCUT2D eigenvalue weighted by Crippen LogP contribution is 2.34. The standard InChI is InChI=1S/C21H20ClN3O3/c1-28-19-7-6-14(22)10-18(19)25-20(26)11-17(21(25)27)23-9-8-13-12-24-16-5-3-2-4-15(13)16/h2-7,10,12,17,23-24H,8-9,11H2,1H3/t17-/m0/s1. The van der Waals surface area contributed by atoms with E-state index in [9.17, 15) is 9.59 Å². The van der Waals surface area contributed by atoms with Crippen LogP contribution in [0.3, 0.4) is 0 Å². The van der Waals surface area contributed by atoms with Gasteiger partial charge in [-0.1, -0.05) is 29.8 Å². The Morgan fingerprint density at radius 3 is 2.89 bits per heavy atom. The second-order valence-corrected chi connectivity index (χ2v) is 7.14. The highest BCUT2D eigenvalue weighted by atomic mass is 35.5. The van der Waals surface area contributed by atoms with E-state index in [1.165, 1.54) is 18.1 Å². The minimum absolute atomic E-state index is 0.113. The lowest BCUT2D eigenvalue weighted by molar-refractivity contribution is -0.121. The van der Waals surface area contributed by atoms with Gasteiger partial charge in [-0.15, -0.1) is 0 Å². The predicted octanol–water partition coefficient (Wildman–Crippen LogP) is 3.29. The summed E-state index contributed by atoms with van der Waals surface area (Å²) in [6.07, 6.45) is 2.85. The van der Waals surface area contributed by atoms with Crippen molar-refractivity contribution in [2.75, 3.05) is 18.6 Å². The van der Waals surface area contributed by atoms with Crippen LogP contribution in [0.15, 0.2) is 48.7 Å². The number of rotatable bonds is 6. The zero-order valence-corrected chi connectivity index (χ0v) is 16.1. The maximum absolute atomic E-state index is 12.8. The van der Waals surface area contributed by atoms with E-state index in [0.717, 1.165) is 16.8 Å². The Labute approximate surface area is 167 Å². The molecule has 0 unspecified atom stereocenters. The van der Waals surface area contributed by atoms with Crippen molar-refractivity contribution in [2.24, 2.45) is 0 Å². The molecule has 0 saturated carbocycles. The third kappa shape index (κ3) is 3.37. The number of halogens is 1. The van der Waals surface area contributed by atoms with Crippen molar-refractivity contribution in [1.29, 1.82) is 0 Å². The molecule has 28 heavy (non-hydrogen) atoms. The number of para-hydroxylation sites is 1. The highest BCUT2D eigenvalue weighted by molar-refractivity contribution is 6.31. The SMILES string of the molecule is COc1ccc(Cl)cc1N1C(=O)C[C@H](NCCc2c[nH]c3ccccc23)C1=O. The molecular formula is C21H20ClN3O3. The minimum Gasteiger partial charge on any atom is -0.495 e. The predicted molar refractivity (Wildman–Crippen MR) is 109 cm³/mol. The first-order chi connectivity index (χ1) is 13.6. The Kier molecular flexibility index (Phi) is 5.07. The minimum atomic E-state index is -0.554. The molecule has 0 spiro atoms. The Balaban J connectivity index is 1.45. The number of imide groups is 1. The van der Waals surface area contributed by atoms with Crippen molar-refractivity contribution < 1.29 is 14.3 Å². The maximum Gasteiger partial charge on any atom is 0.251 e. The van der Waals surface area contributed by atoms with Gasteiger partial charge in [0.1, 0.15) is 5.75 Å². The van der Waals surface area contributed by atoms with Gasteiger partial charge in [0.05, 0.1) is 25.3 Å². The average Bonchev–Trinajstić information content (AvgIpc) is 3.22. The molecule has 6 nitrogen and oxygen atoms in total. The molecule has 2 N–H and O–H groups in total. The molecule has 2 aromatic carbocycles. The normalized spacial score (nSPS) is 16.9. The van der Waals surface area contributed by atoms with Crippen LogP contribution in [0.4, 0.5) is 5.69 Å². The van der Waals surface area contributed by atoms with E-state index in [4.69, 9.17) is 16.3 Å². The van der Waals surface area contributed by atoms with Crippen LogP contribution in [0.5, 0.6) is 5.75 Å². The second-order valence-electron chi connectivity index (χ2n) is 6.70. The number of anilines is 1. The van der Waals surface area contributed by atoms with E-state index < -0.39 is 6.04 Å². The van der Waals surface area contributed by atoms with E-state index in [1.807, 2.05) is 24.4 Å². The summed E-state index contributed by atoms with van der Waals surface area (Å²) in [5.74, 6) is -0.120. The molecule has 1 saturated heterocycles. The summed E-state index contributed by atoms with van der Waals surface area (Å²) in [5.41, 5.74) is 2.64. The summed E-state index contributed by atoms with van der Waals surface area (Å²) in [7, 11) is 1.49. The van der Waals surface area contributed by atoms with E-state index in [0.29, 0.717) is 23.0 Å². The van der Waals surface area contributed by atoms with Gasteiger partial charge in [-0.3, -0.25) is 9.59 Å². The lowest BCUT2D eigenvalue weighted by Gasteiger charge is -2.18. The van der Waals surface area contributed by atoms with Crippen LogP contribution >= 0.6 is 11.6 Å². The van der Waals surface area contributed by atoms with E-state index in [2.05, 4.69) is 16.4 Å². The van der Waals surface area contributed by atoms with E-state index in [-0.39, 0.29) is 18.2 Å². The molecule has 0 radical (unpaired) electrons. The quantitative estimate of drug-likeness (QED) is 0.626. The van der Waals surface area contributed by atoms with Crippen LogP contribution in [0, 0.1) is 0 Å². The maximum atomic E-state index is 12.8. The monoisotopic (exact) mass is 397 g/mol. The van der Waals surface area contributed by atoms with Crippen LogP contribution < -0.4 is 15.0 Å². The zero-order chi connectivity index (χ0) is 19.7. The molecule has 1 aromatic heterocycles. The molecule has 1 fully saturated rings. The van der Waals surface area contributed by atoms with Crippen molar-refractivity contribution in [3.8, 4) is 5.75 Å². The number of methoxy groups -OCH3 is 1. The van der Waals surface area contributed by atoms with Crippen molar-refractivity contribution in [2.45, 2.75) is 18.9 Å². The Morgan fingerprint density at radius 1 is 1.25 bits per heavy atom. The molecule has 4 rings (SSSR count). The van der Waals surface area contributed by atoms with Gasteiger partial charge in [0.15, 0.2) is 0 Å². The number of amides is 2. The summed E-state index contributed by atoms with van der Waals surface area (Å²) in [6, 6.07) is 12.4. The molecule has 3 aromatic rings. The van der Waals surface area contributed by atoms with Crippen LogP contribution in [0.25, 0.3) is 10.9 Å². The number of nitrogens with one attached hydrogen (secondary N) is 2. The molecule has 144 valence electrons. The summed E-state index contributed by atoms with van der Waals surface area (Å²) in [6.45, 7) is 0.589. The molecule has 2 amide bonds. The van der Waals surface area contributed by atoms with Gasteiger partial charge in [-0.05, 0) is 36.2 Å². The van der Waals surface area contributed by atoms with Gasteiger partial charge in [0, 0.05) is 28.7 Å². The molecule has 1 atom stereocenters. The first-order valence-electron chi connectivity index (χ1n) is 9.07. The fourth-order valence-corrected chi connectivity index (χ4v) is 3.77. The summed E-state index contributed by atoms with van der Waals surface area (Å²) in [4.78, 5) is 29.7. The van der Waals surface area contributed by atoms with Crippen LogP contribution in [0.2, 0.25) is 5.02 Å². The van der Waals surface area contributed by atoms with Crippen molar-refractivity contribution in [3.05, 3.63) is 59.2 Å². The number of benzene rings is 2. The molecule has 0 aliphatic carbocycles. The highest BCUT2D eigenvalue weighted by Gasteiger charge is 2.40. The first kappa shape index (κ1) is 18.5. The fourth-order valence-electron chi connectivity index (χ4n) is 3.60. The van der Waals surface area contributed by atoms with Gasteiger partial charge in [0.2, 0.25) is 5.91 Å². The number of hydrogen-bond donors (Lipinski definition) is 2. The largest absolute Gasteiger partial charge is 0.495 e. The summed E-state index contributed by atoms with van der Waals surface area (Å²) < 4.78 is 5.29. The number of carbonyl (C=O) groups excluding carboxylic acids is 2. The number of H-pyrrole nitrogens is 1. The third-order valence-electron chi connectivity index (χ3n) is 4.99. The molecule has 0 bridgehead atoms. The van der Waals surface area contributed by atoms with Gasteiger partial charge in [-0.2, -0.15) is 0 Å². The van der Waals surface area contributed by atoms with Crippen LogP contribution in [-0.2, 0) is 16.0 Å². The van der Waals surface area contributed by atoms with Gasteiger partial charge >= 0.3 is 0 Å². The smallest absolute Gasteiger partial charge is 0.251 e. The zero-order valence-electron chi connectivity index (χ0n) is 15.4. The first-order valence-corrected chi connectivity index (χ1v) is 9.45. The lowest BCUT2D eigenvalue weighted by Crippen LogP contribution is -2.39. The van der Waals surface area contributed by atoms with Crippen molar-refractivity contribution in [3.63, 3.8) is 0 Å². The lowest BCUT2D eigenvalue weighted by atomic mass is 10.1. The topological polar surface area (TPSA) is 74.4 Å². The van der Waals surface area contributed by atoms with Crippen molar-refractivity contribution >= 4 is 40.0 Å². The Bertz CT molecular complexity index is 1050. The van der Waals surface area contributed by atoms with E-state index in [1.54, 1.807) is 18.2 Å². The Hall–Kier alpha value is -2.83. The number of fused-ring (bicyclic) bond motifs is 1. The van der Waals surface area contributed by atoms with E-state index >= 15 is 0 Å². The molecule has 7 heteroatoms. The molecule has 1 aliphatic rings. The second kappa shape index (κ2) is 7.66. The van der Waals surface area contributed by atoms with Crippen LogP contribution in [-0.4, -0.2) is 36.5 Å². The third-order valence-corrected chi connectivity index (χ3v) is 5.22. The van der Waals surface area contributed by atoms with Crippen molar-refractivity contribution in [1.82, 2.24) is 10.3 Å². The number of hydrogen-bond acceptors (Lipinski definition) is 4. The van der Waals surface area contributed by atoms with Gasteiger partial charge in [0.25, 0.3) is 5.91 Å². The molecular weight excluding hydrogens is 378 g/mol. The van der Waals surface area contributed by atoms with Crippen LogP contribution in [0.1, 0.15) is 12.0 Å². The number of aromatic amines is 1. The number of nitrogens with zero attached hydrogens (tertiary/aromatic N) is 1. The summed E-state index contributed by atoms with van der Waals surface area (Å²) in [5, 5.41) is 4.82. The van der Waals surface area contributed by atoms with Gasteiger partial charge in [-0.25, -0.2) is 4.90 Å². The molecule has 1 aliphatic heterocycles. The summed E-state index contributed by atoms with van der Waals surface area (Å²) >= 11 is 6.05. The molecule has 2 heterocycles.